The number of benzene rings is 2. The second kappa shape index (κ2) is 7.76. The molecule has 0 saturated carbocycles. The van der Waals surface area contributed by atoms with Crippen LogP contribution in [0.4, 0.5) is 4.39 Å². The van der Waals surface area contributed by atoms with Gasteiger partial charge in [0.2, 0.25) is 0 Å². The molecule has 0 aliphatic heterocycles. The van der Waals surface area contributed by atoms with Crippen molar-refractivity contribution in [3.63, 3.8) is 0 Å². The minimum absolute atomic E-state index is 0.242. The van der Waals surface area contributed by atoms with Crippen molar-refractivity contribution in [3.05, 3.63) is 59.4 Å². The maximum absolute atomic E-state index is 13.6. The van der Waals surface area contributed by atoms with E-state index < -0.39 is 0 Å². The Bertz CT molecular complexity index is 587. The summed E-state index contributed by atoms with van der Waals surface area (Å²) < 4.78 is 24.2. The molecule has 112 valence electrons. The van der Waals surface area contributed by atoms with Gasteiger partial charge in [-0.2, -0.15) is 0 Å². The number of hydrogen-bond donors (Lipinski definition) is 1. The van der Waals surface area contributed by atoms with Crippen LogP contribution in [0.25, 0.3) is 0 Å². The first kappa shape index (κ1) is 15.5. The van der Waals surface area contributed by atoms with Gasteiger partial charge in [0.25, 0.3) is 0 Å². The molecular weight excluding hydrogens is 269 g/mol. The summed E-state index contributed by atoms with van der Waals surface area (Å²) in [5.74, 6) is 0.550. The van der Waals surface area contributed by atoms with E-state index >= 15 is 0 Å². The van der Waals surface area contributed by atoms with Gasteiger partial charge in [-0.25, -0.2) is 4.39 Å². The van der Waals surface area contributed by atoms with Gasteiger partial charge in [0.1, 0.15) is 5.75 Å². The van der Waals surface area contributed by atoms with Crippen molar-refractivity contribution >= 4 is 0 Å². The smallest absolute Gasteiger partial charge is 0.165 e. The molecule has 0 fully saturated rings. The Hall–Kier alpha value is -1.91. The molecule has 0 amide bonds. The zero-order valence-electron chi connectivity index (χ0n) is 12.4. The van der Waals surface area contributed by atoms with Crippen molar-refractivity contribution in [2.45, 2.75) is 13.5 Å². The molecule has 21 heavy (non-hydrogen) atoms. The highest BCUT2D eigenvalue weighted by molar-refractivity contribution is 5.40. The van der Waals surface area contributed by atoms with Gasteiger partial charge in [-0.15, -0.1) is 0 Å². The molecule has 2 aromatic rings. The molecule has 1 N–H and O–H groups in total. The standard InChI is InChI=1S/C17H20FNO2/c1-13-11-14(12-19-9-10-20-2)7-8-16(13)21-17-6-4-3-5-15(17)18/h3-8,11,19H,9-10,12H2,1-2H3. The Morgan fingerprint density at radius 2 is 1.90 bits per heavy atom. The summed E-state index contributed by atoms with van der Waals surface area (Å²) in [6.07, 6.45) is 0. The van der Waals surface area contributed by atoms with E-state index in [1.54, 1.807) is 25.3 Å². The van der Waals surface area contributed by atoms with Gasteiger partial charge in [-0.05, 0) is 36.2 Å². The van der Waals surface area contributed by atoms with E-state index in [1.807, 2.05) is 25.1 Å². The van der Waals surface area contributed by atoms with Crippen molar-refractivity contribution in [1.29, 1.82) is 0 Å². The Balaban J connectivity index is 2.01. The maximum atomic E-state index is 13.6. The highest BCUT2D eigenvalue weighted by Gasteiger charge is 2.06. The Morgan fingerprint density at radius 1 is 1.10 bits per heavy atom. The molecule has 0 aliphatic carbocycles. The monoisotopic (exact) mass is 289 g/mol. The largest absolute Gasteiger partial charge is 0.454 e. The van der Waals surface area contributed by atoms with Gasteiger partial charge in [-0.3, -0.25) is 0 Å². The van der Waals surface area contributed by atoms with E-state index in [2.05, 4.69) is 5.32 Å². The van der Waals surface area contributed by atoms with Crippen molar-refractivity contribution < 1.29 is 13.9 Å². The number of para-hydroxylation sites is 1. The van der Waals surface area contributed by atoms with Gasteiger partial charge in [0, 0.05) is 20.2 Å². The van der Waals surface area contributed by atoms with E-state index in [9.17, 15) is 4.39 Å². The fraction of sp³-hybridized carbons (Fsp3) is 0.294. The van der Waals surface area contributed by atoms with Gasteiger partial charge in [0.05, 0.1) is 6.61 Å². The highest BCUT2D eigenvalue weighted by Crippen LogP contribution is 2.27. The summed E-state index contributed by atoms with van der Waals surface area (Å²) in [5, 5.41) is 3.28. The SMILES string of the molecule is COCCNCc1ccc(Oc2ccccc2F)c(C)c1. The zero-order chi connectivity index (χ0) is 15.1. The molecule has 0 radical (unpaired) electrons. The second-order valence-electron chi connectivity index (χ2n) is 4.80. The minimum atomic E-state index is -0.359. The first-order valence-corrected chi connectivity index (χ1v) is 6.92. The third kappa shape index (κ3) is 4.55. The first-order chi connectivity index (χ1) is 10.2. The Kier molecular flexibility index (Phi) is 5.72. The number of methoxy groups -OCH3 is 1. The molecular formula is C17H20FNO2. The fourth-order valence-electron chi connectivity index (χ4n) is 1.99. The lowest BCUT2D eigenvalue weighted by Gasteiger charge is -2.11. The quantitative estimate of drug-likeness (QED) is 0.789. The van der Waals surface area contributed by atoms with E-state index in [-0.39, 0.29) is 11.6 Å². The molecule has 2 aromatic carbocycles. The van der Waals surface area contributed by atoms with Crippen molar-refractivity contribution in [2.24, 2.45) is 0 Å². The van der Waals surface area contributed by atoms with Crippen LogP contribution in [-0.4, -0.2) is 20.3 Å². The summed E-state index contributed by atoms with van der Waals surface area (Å²) in [4.78, 5) is 0. The van der Waals surface area contributed by atoms with Crippen LogP contribution in [0.15, 0.2) is 42.5 Å². The third-order valence-electron chi connectivity index (χ3n) is 3.11. The van der Waals surface area contributed by atoms with Crippen LogP contribution >= 0.6 is 0 Å². The number of aryl methyl sites for hydroxylation is 1. The third-order valence-corrected chi connectivity index (χ3v) is 3.11. The van der Waals surface area contributed by atoms with Gasteiger partial charge in [-0.1, -0.05) is 24.3 Å². The maximum Gasteiger partial charge on any atom is 0.165 e. The molecule has 4 heteroatoms. The first-order valence-electron chi connectivity index (χ1n) is 6.92. The lowest BCUT2D eigenvalue weighted by atomic mass is 10.1. The van der Waals surface area contributed by atoms with Crippen LogP contribution in [0.2, 0.25) is 0 Å². The van der Waals surface area contributed by atoms with E-state index in [0.29, 0.717) is 12.4 Å². The second-order valence-corrected chi connectivity index (χ2v) is 4.80. The predicted molar refractivity (Wildman–Crippen MR) is 81.2 cm³/mol. The van der Waals surface area contributed by atoms with Crippen molar-refractivity contribution in [3.8, 4) is 11.5 Å². The number of hydrogen-bond acceptors (Lipinski definition) is 3. The van der Waals surface area contributed by atoms with E-state index in [0.717, 1.165) is 24.2 Å². The number of ether oxygens (including phenoxy) is 2. The van der Waals surface area contributed by atoms with Crippen molar-refractivity contribution in [2.75, 3.05) is 20.3 Å². The van der Waals surface area contributed by atoms with Crippen LogP contribution < -0.4 is 10.1 Å². The molecule has 3 nitrogen and oxygen atoms in total. The summed E-state index contributed by atoms with van der Waals surface area (Å²) in [6, 6.07) is 12.3. The lowest BCUT2D eigenvalue weighted by Crippen LogP contribution is -2.18. The summed E-state index contributed by atoms with van der Waals surface area (Å²) in [7, 11) is 1.68. The fourth-order valence-corrected chi connectivity index (χ4v) is 1.99. The van der Waals surface area contributed by atoms with Gasteiger partial charge < -0.3 is 14.8 Å². The summed E-state index contributed by atoms with van der Waals surface area (Å²) in [6.45, 7) is 4.22. The number of rotatable bonds is 7. The predicted octanol–water partition coefficient (Wildman–Crippen LogP) is 3.66. The molecule has 0 saturated heterocycles. The van der Waals surface area contributed by atoms with E-state index in [4.69, 9.17) is 9.47 Å². The van der Waals surface area contributed by atoms with Gasteiger partial charge in [0.15, 0.2) is 11.6 Å². The molecule has 0 aliphatic rings. The number of halogens is 1. The molecule has 0 spiro atoms. The Labute approximate surface area is 124 Å². The van der Waals surface area contributed by atoms with Crippen LogP contribution in [0, 0.1) is 12.7 Å². The van der Waals surface area contributed by atoms with Crippen LogP contribution in [-0.2, 0) is 11.3 Å². The number of nitrogens with one attached hydrogen (secondary N) is 1. The average molecular weight is 289 g/mol. The van der Waals surface area contributed by atoms with E-state index in [1.165, 1.54) is 6.07 Å². The topological polar surface area (TPSA) is 30.5 Å². The van der Waals surface area contributed by atoms with Crippen LogP contribution in [0.5, 0.6) is 11.5 Å². The Morgan fingerprint density at radius 3 is 2.62 bits per heavy atom. The zero-order valence-corrected chi connectivity index (χ0v) is 12.4. The molecule has 0 aromatic heterocycles. The lowest BCUT2D eigenvalue weighted by molar-refractivity contribution is 0.199. The molecule has 0 atom stereocenters. The van der Waals surface area contributed by atoms with Crippen LogP contribution in [0.1, 0.15) is 11.1 Å². The normalized spacial score (nSPS) is 10.6. The highest BCUT2D eigenvalue weighted by atomic mass is 19.1. The summed E-state index contributed by atoms with van der Waals surface area (Å²) in [5.41, 5.74) is 2.13. The minimum Gasteiger partial charge on any atom is -0.454 e. The van der Waals surface area contributed by atoms with Crippen LogP contribution in [0.3, 0.4) is 0 Å². The molecule has 2 rings (SSSR count). The van der Waals surface area contributed by atoms with Crippen molar-refractivity contribution in [1.82, 2.24) is 5.32 Å². The average Bonchev–Trinajstić information content (AvgIpc) is 2.48. The summed E-state index contributed by atoms with van der Waals surface area (Å²) >= 11 is 0. The molecule has 0 heterocycles. The molecule has 0 unspecified atom stereocenters. The van der Waals surface area contributed by atoms with Gasteiger partial charge >= 0.3 is 0 Å². The molecule has 0 bridgehead atoms.